The van der Waals surface area contributed by atoms with Crippen molar-refractivity contribution in [1.82, 2.24) is 20.3 Å². The molecule has 1 saturated heterocycles. The summed E-state index contributed by atoms with van der Waals surface area (Å²) in [4.78, 5) is 42.3. The number of piperidine rings is 1. The molecule has 5 rings (SSSR count). The summed E-state index contributed by atoms with van der Waals surface area (Å²) in [5.41, 5.74) is 3.40. The molecule has 3 amide bonds. The van der Waals surface area contributed by atoms with Crippen LogP contribution in [0.25, 0.3) is 0 Å². The molecule has 3 heterocycles. The van der Waals surface area contributed by atoms with E-state index >= 15 is 0 Å². The summed E-state index contributed by atoms with van der Waals surface area (Å²) in [6, 6.07) is 14.9. The van der Waals surface area contributed by atoms with Gasteiger partial charge < -0.3 is 29.1 Å². The first kappa shape index (κ1) is 28.4. The van der Waals surface area contributed by atoms with Gasteiger partial charge in [0.25, 0.3) is 0 Å². The highest BCUT2D eigenvalue weighted by atomic mass is 16.5. The lowest BCUT2D eigenvalue weighted by Crippen LogP contribution is -2.58. The van der Waals surface area contributed by atoms with Gasteiger partial charge in [0.05, 0.1) is 37.4 Å². The Labute approximate surface area is 239 Å². The topological polar surface area (TPSA) is 114 Å². The molecule has 10 heteroatoms. The van der Waals surface area contributed by atoms with Gasteiger partial charge in [-0.2, -0.15) is 0 Å². The SMILES string of the molecule is Cc1noc(C)c1CC(=O)N1CC[C@H]2OCc3cccc(c3)Oc3cccc(c3)CCC(=O)N(C)CC(=O)N[C@H]2C1. The van der Waals surface area contributed by atoms with E-state index in [9.17, 15) is 14.4 Å². The normalized spacial score (nSPS) is 20.4. The van der Waals surface area contributed by atoms with Crippen LogP contribution < -0.4 is 10.1 Å². The lowest BCUT2D eigenvalue weighted by atomic mass is 10.00. The van der Waals surface area contributed by atoms with Crippen LogP contribution in [0, 0.1) is 13.8 Å². The molecule has 0 saturated carbocycles. The van der Waals surface area contributed by atoms with Crippen LogP contribution in [0.5, 0.6) is 11.5 Å². The van der Waals surface area contributed by atoms with Crippen LogP contribution in [-0.2, 0) is 38.6 Å². The number of aryl methyl sites for hydroxylation is 3. The second-order valence-corrected chi connectivity index (χ2v) is 10.8. The van der Waals surface area contributed by atoms with E-state index in [1.807, 2.05) is 55.5 Å². The maximum absolute atomic E-state index is 13.2. The Hall–Kier alpha value is -4.18. The Morgan fingerprint density at radius 3 is 2.51 bits per heavy atom. The molecule has 0 aliphatic carbocycles. The number of fused-ring (bicyclic) bond motifs is 5. The zero-order valence-corrected chi connectivity index (χ0v) is 23.7. The number of hydrogen-bond acceptors (Lipinski definition) is 7. The average Bonchev–Trinajstić information content (AvgIpc) is 3.27. The second-order valence-electron chi connectivity index (χ2n) is 10.8. The van der Waals surface area contributed by atoms with Crippen molar-refractivity contribution >= 4 is 17.7 Å². The summed E-state index contributed by atoms with van der Waals surface area (Å²) < 4.78 is 17.7. The molecular weight excluding hydrogens is 524 g/mol. The number of aromatic nitrogens is 1. The largest absolute Gasteiger partial charge is 0.457 e. The highest BCUT2D eigenvalue weighted by molar-refractivity contribution is 5.85. The number of nitrogens with one attached hydrogen (secondary N) is 1. The van der Waals surface area contributed by atoms with Gasteiger partial charge in [0.1, 0.15) is 17.3 Å². The first-order valence-electron chi connectivity index (χ1n) is 14.0. The Morgan fingerprint density at radius 2 is 1.78 bits per heavy atom. The minimum atomic E-state index is -0.438. The van der Waals surface area contributed by atoms with Gasteiger partial charge in [0.15, 0.2) is 0 Å². The van der Waals surface area contributed by atoms with Crippen molar-refractivity contribution in [2.24, 2.45) is 0 Å². The highest BCUT2D eigenvalue weighted by Crippen LogP contribution is 2.25. The summed E-state index contributed by atoms with van der Waals surface area (Å²) in [5.74, 6) is 1.52. The quantitative estimate of drug-likeness (QED) is 0.511. The van der Waals surface area contributed by atoms with Crippen LogP contribution in [0.1, 0.15) is 41.0 Å². The molecule has 1 fully saturated rings. The van der Waals surface area contributed by atoms with E-state index < -0.39 is 6.04 Å². The fraction of sp³-hybridized carbons (Fsp3) is 0.419. The summed E-state index contributed by atoms with van der Waals surface area (Å²) in [5, 5.41) is 7.00. The molecule has 3 aromatic rings. The number of benzene rings is 2. The first-order valence-corrected chi connectivity index (χ1v) is 14.0. The van der Waals surface area contributed by atoms with Gasteiger partial charge in [-0.25, -0.2) is 0 Å². The van der Waals surface area contributed by atoms with E-state index in [-0.39, 0.29) is 43.2 Å². The predicted octanol–water partition coefficient (Wildman–Crippen LogP) is 3.33. The molecule has 0 unspecified atom stereocenters. The maximum Gasteiger partial charge on any atom is 0.239 e. The molecule has 2 aromatic carbocycles. The van der Waals surface area contributed by atoms with Crippen molar-refractivity contribution in [2.45, 2.75) is 58.3 Å². The number of carbonyl (C=O) groups excluding carboxylic acids is 3. The minimum absolute atomic E-state index is 0.0630. The molecule has 4 bridgehead atoms. The number of amides is 3. The van der Waals surface area contributed by atoms with Gasteiger partial charge in [-0.15, -0.1) is 0 Å². The molecule has 41 heavy (non-hydrogen) atoms. The molecule has 2 aliphatic rings. The van der Waals surface area contributed by atoms with Gasteiger partial charge >= 0.3 is 0 Å². The number of likely N-dealkylation sites (tertiary alicyclic amines) is 1. The third-order valence-electron chi connectivity index (χ3n) is 7.69. The fourth-order valence-electron chi connectivity index (χ4n) is 5.31. The molecule has 0 radical (unpaired) electrons. The second kappa shape index (κ2) is 12.6. The zero-order valence-electron chi connectivity index (χ0n) is 23.7. The van der Waals surface area contributed by atoms with E-state index in [1.54, 1.807) is 18.9 Å². The molecule has 10 nitrogen and oxygen atoms in total. The first-order chi connectivity index (χ1) is 19.7. The van der Waals surface area contributed by atoms with Crippen molar-refractivity contribution in [3.8, 4) is 11.5 Å². The third-order valence-corrected chi connectivity index (χ3v) is 7.69. The van der Waals surface area contributed by atoms with Gasteiger partial charge in [-0.1, -0.05) is 29.4 Å². The molecule has 2 atom stereocenters. The van der Waals surface area contributed by atoms with Crippen LogP contribution in [0.2, 0.25) is 0 Å². The van der Waals surface area contributed by atoms with E-state index in [0.717, 1.165) is 16.7 Å². The Morgan fingerprint density at radius 1 is 1.05 bits per heavy atom. The van der Waals surface area contributed by atoms with Crippen molar-refractivity contribution in [2.75, 3.05) is 26.7 Å². The highest BCUT2D eigenvalue weighted by Gasteiger charge is 2.34. The molecule has 0 spiro atoms. The summed E-state index contributed by atoms with van der Waals surface area (Å²) >= 11 is 0. The average molecular weight is 561 g/mol. The Kier molecular flexibility index (Phi) is 8.68. The van der Waals surface area contributed by atoms with Gasteiger partial charge in [0.2, 0.25) is 17.7 Å². The van der Waals surface area contributed by atoms with E-state index in [2.05, 4.69) is 10.5 Å². The lowest BCUT2D eigenvalue weighted by molar-refractivity contribution is -0.138. The van der Waals surface area contributed by atoms with E-state index in [1.165, 1.54) is 4.90 Å². The Bertz CT molecular complexity index is 1400. The number of likely N-dealkylation sites (N-methyl/N-ethyl adjacent to an activating group) is 1. The van der Waals surface area contributed by atoms with Crippen LogP contribution in [-0.4, -0.2) is 71.5 Å². The Balaban J connectivity index is 1.35. The number of hydrogen-bond donors (Lipinski definition) is 1. The van der Waals surface area contributed by atoms with E-state index in [0.29, 0.717) is 55.5 Å². The number of rotatable bonds is 2. The van der Waals surface area contributed by atoms with Crippen LogP contribution in [0.4, 0.5) is 0 Å². The summed E-state index contributed by atoms with van der Waals surface area (Å²) in [7, 11) is 1.63. The number of carbonyl (C=O) groups is 3. The lowest BCUT2D eigenvalue weighted by Gasteiger charge is -2.39. The number of nitrogens with zero attached hydrogens (tertiary/aromatic N) is 3. The zero-order chi connectivity index (χ0) is 28.9. The maximum atomic E-state index is 13.2. The monoisotopic (exact) mass is 560 g/mol. The predicted molar refractivity (Wildman–Crippen MR) is 150 cm³/mol. The van der Waals surface area contributed by atoms with Gasteiger partial charge in [0, 0.05) is 32.1 Å². The van der Waals surface area contributed by atoms with Crippen molar-refractivity contribution in [3.63, 3.8) is 0 Å². The van der Waals surface area contributed by atoms with Gasteiger partial charge in [-0.3, -0.25) is 14.4 Å². The molecular formula is C31H36N4O6. The van der Waals surface area contributed by atoms with Crippen molar-refractivity contribution in [3.05, 3.63) is 76.7 Å². The minimum Gasteiger partial charge on any atom is -0.457 e. The molecule has 1 aromatic heterocycles. The van der Waals surface area contributed by atoms with Crippen molar-refractivity contribution < 1.29 is 28.4 Å². The summed E-state index contributed by atoms with van der Waals surface area (Å²) in [6.45, 7) is 4.65. The van der Waals surface area contributed by atoms with Crippen molar-refractivity contribution in [1.29, 1.82) is 0 Å². The molecule has 1 N–H and O–H groups in total. The molecule has 2 aliphatic heterocycles. The smallest absolute Gasteiger partial charge is 0.239 e. The van der Waals surface area contributed by atoms with Gasteiger partial charge in [-0.05, 0) is 62.1 Å². The fourth-order valence-corrected chi connectivity index (χ4v) is 5.31. The summed E-state index contributed by atoms with van der Waals surface area (Å²) in [6.07, 6.45) is 1.21. The van der Waals surface area contributed by atoms with Crippen LogP contribution >= 0.6 is 0 Å². The van der Waals surface area contributed by atoms with E-state index in [4.69, 9.17) is 14.0 Å². The van der Waals surface area contributed by atoms with Crippen LogP contribution in [0.15, 0.2) is 53.1 Å². The molecule has 216 valence electrons. The number of ether oxygens (including phenoxy) is 2. The van der Waals surface area contributed by atoms with Crippen LogP contribution in [0.3, 0.4) is 0 Å². The standard InChI is InChI=1S/C31H36N4O6/c1-20-26(21(2)41-33-20)16-31(38)35-13-12-28-27(17-35)32-29(36)18-34(3)30(37)11-10-22-6-4-8-24(14-22)40-25-9-5-7-23(15-25)19-39-28/h4-9,14-15,27-28H,10-13,16-19H2,1-3H3,(H,32,36)/t27-,28+/m0/s1. The third kappa shape index (κ3) is 7.13.